The van der Waals surface area contributed by atoms with Crippen LogP contribution in [-0.4, -0.2) is 51.6 Å². The number of hydrogen-bond donors (Lipinski definition) is 1. The third-order valence-electron chi connectivity index (χ3n) is 3.14. The summed E-state index contributed by atoms with van der Waals surface area (Å²) in [7, 11) is 0. The van der Waals surface area contributed by atoms with Gasteiger partial charge in [-0.2, -0.15) is 4.98 Å². The van der Waals surface area contributed by atoms with Crippen LogP contribution < -0.4 is 5.73 Å². The summed E-state index contributed by atoms with van der Waals surface area (Å²) in [5, 5.41) is 11.0. The SMILES string of the molecule is CCCN1CCOC(c2noc(-c3nonc3N)n2)C1. The molecule has 2 aromatic rings. The second-order valence-electron chi connectivity index (χ2n) is 4.62. The molecule has 0 radical (unpaired) electrons. The summed E-state index contributed by atoms with van der Waals surface area (Å²) in [4.78, 5) is 6.58. The van der Waals surface area contributed by atoms with Gasteiger partial charge in [-0.15, -0.1) is 0 Å². The maximum Gasteiger partial charge on any atom is 0.284 e. The van der Waals surface area contributed by atoms with Crippen molar-refractivity contribution in [2.75, 3.05) is 32.0 Å². The van der Waals surface area contributed by atoms with E-state index in [0.29, 0.717) is 12.4 Å². The van der Waals surface area contributed by atoms with Crippen molar-refractivity contribution in [3.05, 3.63) is 5.82 Å². The molecule has 0 aromatic carbocycles. The maximum atomic E-state index is 5.68. The van der Waals surface area contributed by atoms with E-state index < -0.39 is 0 Å². The van der Waals surface area contributed by atoms with E-state index in [9.17, 15) is 0 Å². The van der Waals surface area contributed by atoms with Gasteiger partial charge >= 0.3 is 0 Å². The van der Waals surface area contributed by atoms with Crippen LogP contribution in [0.4, 0.5) is 5.82 Å². The lowest BCUT2D eigenvalue weighted by molar-refractivity contribution is -0.0350. The van der Waals surface area contributed by atoms with Gasteiger partial charge in [0.1, 0.15) is 6.10 Å². The first kappa shape index (κ1) is 13.0. The Morgan fingerprint density at radius 3 is 3.00 bits per heavy atom. The van der Waals surface area contributed by atoms with Crippen LogP contribution in [0.1, 0.15) is 25.3 Å². The first-order valence-corrected chi connectivity index (χ1v) is 6.54. The fourth-order valence-corrected chi connectivity index (χ4v) is 2.18. The van der Waals surface area contributed by atoms with E-state index in [4.69, 9.17) is 15.0 Å². The highest BCUT2D eigenvalue weighted by atomic mass is 16.6. The lowest BCUT2D eigenvalue weighted by Gasteiger charge is -2.30. The van der Waals surface area contributed by atoms with E-state index in [1.54, 1.807) is 0 Å². The molecule has 1 fully saturated rings. The Balaban J connectivity index is 1.75. The van der Waals surface area contributed by atoms with E-state index in [1.165, 1.54) is 0 Å². The van der Waals surface area contributed by atoms with Gasteiger partial charge in [0.05, 0.1) is 6.61 Å². The van der Waals surface area contributed by atoms with Crippen LogP contribution >= 0.6 is 0 Å². The van der Waals surface area contributed by atoms with Gasteiger partial charge in [0, 0.05) is 13.1 Å². The van der Waals surface area contributed by atoms with Gasteiger partial charge in [0.25, 0.3) is 5.89 Å². The van der Waals surface area contributed by atoms with Crippen molar-refractivity contribution in [1.29, 1.82) is 0 Å². The third-order valence-corrected chi connectivity index (χ3v) is 3.14. The molecule has 108 valence electrons. The number of nitrogens with two attached hydrogens (primary N) is 1. The minimum Gasteiger partial charge on any atom is -0.379 e. The summed E-state index contributed by atoms with van der Waals surface area (Å²) >= 11 is 0. The zero-order valence-electron chi connectivity index (χ0n) is 11.2. The third kappa shape index (κ3) is 2.49. The second kappa shape index (κ2) is 5.55. The molecule has 0 amide bonds. The molecule has 2 N–H and O–H groups in total. The van der Waals surface area contributed by atoms with Gasteiger partial charge in [0.2, 0.25) is 17.3 Å². The van der Waals surface area contributed by atoms with Crippen molar-refractivity contribution in [2.45, 2.75) is 19.4 Å². The van der Waals surface area contributed by atoms with Crippen LogP contribution in [0.2, 0.25) is 0 Å². The molecular formula is C11H16N6O3. The molecule has 0 aliphatic carbocycles. The fourth-order valence-electron chi connectivity index (χ4n) is 2.18. The van der Waals surface area contributed by atoms with Crippen LogP contribution in [0.3, 0.4) is 0 Å². The molecule has 1 aliphatic rings. The van der Waals surface area contributed by atoms with Crippen molar-refractivity contribution in [2.24, 2.45) is 0 Å². The Morgan fingerprint density at radius 2 is 2.25 bits per heavy atom. The summed E-state index contributed by atoms with van der Waals surface area (Å²) < 4.78 is 15.3. The van der Waals surface area contributed by atoms with E-state index in [0.717, 1.165) is 26.1 Å². The molecule has 0 bridgehead atoms. The molecule has 3 heterocycles. The van der Waals surface area contributed by atoms with Gasteiger partial charge < -0.3 is 15.0 Å². The van der Waals surface area contributed by atoms with Gasteiger partial charge in [-0.05, 0) is 23.3 Å². The molecule has 9 heteroatoms. The minimum atomic E-state index is -0.200. The van der Waals surface area contributed by atoms with Crippen molar-refractivity contribution in [1.82, 2.24) is 25.4 Å². The lowest BCUT2D eigenvalue weighted by Crippen LogP contribution is -2.39. The lowest BCUT2D eigenvalue weighted by atomic mass is 10.2. The predicted octanol–water partition coefficient (Wildman–Crippen LogP) is 0.485. The van der Waals surface area contributed by atoms with Crippen molar-refractivity contribution in [3.8, 4) is 11.6 Å². The molecule has 1 aliphatic heterocycles. The molecule has 1 saturated heterocycles. The Morgan fingerprint density at radius 1 is 1.35 bits per heavy atom. The Labute approximate surface area is 115 Å². The van der Waals surface area contributed by atoms with Gasteiger partial charge in [0.15, 0.2) is 0 Å². The number of morpholine rings is 1. The Hall–Kier alpha value is -2.00. The number of ether oxygens (including phenoxy) is 1. The normalized spacial score (nSPS) is 20.4. The summed E-state index contributed by atoms with van der Waals surface area (Å²) in [5.74, 6) is 0.801. The number of hydrogen-bond acceptors (Lipinski definition) is 9. The average Bonchev–Trinajstić information content (AvgIpc) is 3.08. The van der Waals surface area contributed by atoms with E-state index in [-0.39, 0.29) is 23.5 Å². The highest BCUT2D eigenvalue weighted by molar-refractivity contribution is 5.60. The highest BCUT2D eigenvalue weighted by Gasteiger charge is 2.27. The molecule has 3 rings (SSSR count). The van der Waals surface area contributed by atoms with E-state index >= 15 is 0 Å². The summed E-state index contributed by atoms with van der Waals surface area (Å²) in [6.45, 7) is 5.51. The number of nitrogen functional groups attached to an aromatic ring is 1. The van der Waals surface area contributed by atoms with Crippen LogP contribution in [-0.2, 0) is 4.74 Å². The molecule has 0 spiro atoms. The molecule has 0 saturated carbocycles. The van der Waals surface area contributed by atoms with Gasteiger partial charge in [-0.3, -0.25) is 4.90 Å². The number of anilines is 1. The van der Waals surface area contributed by atoms with Gasteiger partial charge in [-0.1, -0.05) is 12.1 Å². The molecule has 20 heavy (non-hydrogen) atoms. The molecule has 1 unspecified atom stereocenters. The summed E-state index contributed by atoms with van der Waals surface area (Å²) in [6, 6.07) is 0. The number of aromatic nitrogens is 4. The zero-order chi connectivity index (χ0) is 13.9. The Kier molecular flexibility index (Phi) is 3.61. The van der Waals surface area contributed by atoms with E-state index in [1.807, 2.05) is 0 Å². The zero-order valence-corrected chi connectivity index (χ0v) is 11.2. The first-order chi connectivity index (χ1) is 9.78. The topological polar surface area (TPSA) is 116 Å². The quantitative estimate of drug-likeness (QED) is 0.853. The standard InChI is InChI=1S/C11H16N6O3/c1-2-3-17-4-5-18-7(6-17)10-13-11(19-16-10)8-9(12)15-20-14-8/h7H,2-6H2,1H3,(H2,12,15). The first-order valence-electron chi connectivity index (χ1n) is 6.54. The minimum absolute atomic E-state index is 0.123. The largest absolute Gasteiger partial charge is 0.379 e. The van der Waals surface area contributed by atoms with E-state index in [2.05, 4.69) is 36.9 Å². The van der Waals surface area contributed by atoms with Crippen LogP contribution in [0.5, 0.6) is 0 Å². The smallest absolute Gasteiger partial charge is 0.284 e. The monoisotopic (exact) mass is 280 g/mol. The fraction of sp³-hybridized carbons (Fsp3) is 0.636. The number of rotatable bonds is 4. The maximum absolute atomic E-state index is 5.68. The van der Waals surface area contributed by atoms with Crippen molar-refractivity contribution < 1.29 is 13.9 Å². The molecule has 9 nitrogen and oxygen atoms in total. The van der Waals surface area contributed by atoms with Crippen molar-refractivity contribution in [3.63, 3.8) is 0 Å². The summed E-state index contributed by atoms with van der Waals surface area (Å²) in [6.07, 6.45) is 0.902. The molecular weight excluding hydrogens is 264 g/mol. The average molecular weight is 280 g/mol. The summed E-state index contributed by atoms with van der Waals surface area (Å²) in [5.41, 5.74) is 5.84. The van der Waals surface area contributed by atoms with Crippen LogP contribution in [0.25, 0.3) is 11.6 Å². The second-order valence-corrected chi connectivity index (χ2v) is 4.62. The highest BCUT2D eigenvalue weighted by Crippen LogP contribution is 2.24. The van der Waals surface area contributed by atoms with Crippen LogP contribution in [0.15, 0.2) is 9.15 Å². The molecule has 2 aromatic heterocycles. The molecule has 1 atom stereocenters. The van der Waals surface area contributed by atoms with Gasteiger partial charge in [-0.25, -0.2) is 4.63 Å². The number of nitrogens with zero attached hydrogens (tertiary/aromatic N) is 5. The van der Waals surface area contributed by atoms with Crippen LogP contribution in [0, 0.1) is 0 Å². The Bertz CT molecular complexity index is 566. The van der Waals surface area contributed by atoms with Crippen molar-refractivity contribution >= 4 is 5.82 Å². The predicted molar refractivity (Wildman–Crippen MR) is 67.4 cm³/mol.